The standard InChI is InChI=1S/C17H22O/c18-17-11-10-12-4-1-2-6-14(12)16(17)9-8-13-5-3-7-15(13)17/h3,5,8-9,12,14-15,18H,1-2,4,6-7,10-11H2/t12?,14-,15+,17+/m0/s1. The fourth-order valence-electron chi connectivity index (χ4n) is 4.90. The largest absolute Gasteiger partial charge is 0.385 e. The van der Waals surface area contributed by atoms with Crippen molar-refractivity contribution >= 4 is 0 Å². The topological polar surface area (TPSA) is 20.2 Å². The number of aliphatic hydroxyl groups is 1. The summed E-state index contributed by atoms with van der Waals surface area (Å²) in [4.78, 5) is 0. The zero-order valence-electron chi connectivity index (χ0n) is 10.9. The van der Waals surface area contributed by atoms with Crippen LogP contribution in [0.1, 0.15) is 44.9 Å². The highest BCUT2D eigenvalue weighted by Crippen LogP contribution is 2.54. The second-order valence-corrected chi connectivity index (χ2v) is 6.59. The van der Waals surface area contributed by atoms with E-state index < -0.39 is 5.60 Å². The molecule has 0 aromatic heterocycles. The summed E-state index contributed by atoms with van der Waals surface area (Å²) in [5, 5.41) is 11.3. The second-order valence-electron chi connectivity index (χ2n) is 6.59. The van der Waals surface area contributed by atoms with Crippen LogP contribution in [0.5, 0.6) is 0 Å². The molecule has 1 nitrogen and oxygen atoms in total. The van der Waals surface area contributed by atoms with E-state index in [9.17, 15) is 5.11 Å². The summed E-state index contributed by atoms with van der Waals surface area (Å²) in [5.74, 6) is 1.89. The van der Waals surface area contributed by atoms with E-state index in [1.54, 1.807) is 0 Å². The molecule has 2 fully saturated rings. The Hall–Kier alpha value is -0.820. The predicted octanol–water partition coefficient (Wildman–Crippen LogP) is 3.76. The van der Waals surface area contributed by atoms with Gasteiger partial charge in [0.2, 0.25) is 0 Å². The molecule has 0 spiro atoms. The Balaban J connectivity index is 1.75. The molecule has 0 radical (unpaired) electrons. The average Bonchev–Trinajstić information content (AvgIpc) is 2.88. The van der Waals surface area contributed by atoms with Gasteiger partial charge < -0.3 is 5.11 Å². The zero-order chi connectivity index (χ0) is 12.2. The average molecular weight is 242 g/mol. The molecule has 4 rings (SSSR count). The molecule has 0 amide bonds. The Kier molecular flexibility index (Phi) is 2.35. The summed E-state index contributed by atoms with van der Waals surface area (Å²) >= 11 is 0. The third kappa shape index (κ3) is 1.37. The molecule has 2 saturated carbocycles. The summed E-state index contributed by atoms with van der Waals surface area (Å²) in [7, 11) is 0. The lowest BCUT2D eigenvalue weighted by molar-refractivity contribution is -0.0223. The van der Waals surface area contributed by atoms with Gasteiger partial charge in [0.1, 0.15) is 0 Å². The molecule has 4 aliphatic rings. The lowest BCUT2D eigenvalue weighted by atomic mass is 9.57. The van der Waals surface area contributed by atoms with Crippen molar-refractivity contribution in [2.24, 2.45) is 17.8 Å². The molecule has 4 atom stereocenters. The van der Waals surface area contributed by atoms with Crippen LogP contribution < -0.4 is 0 Å². The minimum atomic E-state index is -0.508. The van der Waals surface area contributed by atoms with Crippen molar-refractivity contribution in [3.63, 3.8) is 0 Å². The molecule has 0 aromatic carbocycles. The van der Waals surface area contributed by atoms with Crippen molar-refractivity contribution in [3.05, 3.63) is 35.5 Å². The number of rotatable bonds is 0. The first-order valence-corrected chi connectivity index (χ1v) is 7.60. The summed E-state index contributed by atoms with van der Waals surface area (Å²) in [6, 6.07) is 0. The quantitative estimate of drug-likeness (QED) is 0.685. The van der Waals surface area contributed by atoms with Crippen LogP contribution in [0.25, 0.3) is 0 Å². The Bertz CT molecular complexity index is 456. The van der Waals surface area contributed by atoms with Crippen molar-refractivity contribution in [1.82, 2.24) is 0 Å². The number of allylic oxidation sites excluding steroid dienone is 4. The van der Waals surface area contributed by atoms with Crippen LogP contribution in [0.15, 0.2) is 35.5 Å². The van der Waals surface area contributed by atoms with E-state index in [1.165, 1.54) is 43.3 Å². The maximum absolute atomic E-state index is 11.3. The first kappa shape index (κ1) is 11.0. The van der Waals surface area contributed by atoms with Crippen LogP contribution in [-0.4, -0.2) is 10.7 Å². The third-order valence-electron chi connectivity index (χ3n) is 5.82. The van der Waals surface area contributed by atoms with E-state index in [1.807, 2.05) is 0 Å². The molecule has 0 saturated heterocycles. The smallest absolute Gasteiger partial charge is 0.0933 e. The molecule has 0 aromatic rings. The normalized spacial score (nSPS) is 45.7. The molecule has 96 valence electrons. The van der Waals surface area contributed by atoms with Gasteiger partial charge in [-0.1, -0.05) is 37.1 Å². The third-order valence-corrected chi connectivity index (χ3v) is 5.82. The zero-order valence-corrected chi connectivity index (χ0v) is 10.9. The van der Waals surface area contributed by atoms with Gasteiger partial charge in [-0.05, 0) is 55.1 Å². The minimum Gasteiger partial charge on any atom is -0.385 e. The minimum absolute atomic E-state index is 0.361. The summed E-state index contributed by atoms with van der Waals surface area (Å²) in [6.07, 6.45) is 17.7. The van der Waals surface area contributed by atoms with Crippen LogP contribution in [0.2, 0.25) is 0 Å². The van der Waals surface area contributed by atoms with E-state index in [4.69, 9.17) is 0 Å². The van der Waals surface area contributed by atoms with Crippen LogP contribution >= 0.6 is 0 Å². The summed E-state index contributed by atoms with van der Waals surface area (Å²) in [6.45, 7) is 0. The highest BCUT2D eigenvalue weighted by molar-refractivity contribution is 5.45. The van der Waals surface area contributed by atoms with Gasteiger partial charge in [-0.15, -0.1) is 0 Å². The number of hydrogen-bond donors (Lipinski definition) is 1. The Morgan fingerprint density at radius 1 is 1.11 bits per heavy atom. The van der Waals surface area contributed by atoms with Crippen LogP contribution in [-0.2, 0) is 0 Å². The van der Waals surface area contributed by atoms with Crippen LogP contribution in [0, 0.1) is 17.8 Å². The lowest BCUT2D eigenvalue weighted by Crippen LogP contribution is -2.49. The first-order valence-electron chi connectivity index (χ1n) is 7.60. The highest BCUT2D eigenvalue weighted by Gasteiger charge is 2.50. The molecule has 0 heterocycles. The maximum atomic E-state index is 11.3. The molecule has 0 bridgehead atoms. The van der Waals surface area contributed by atoms with Crippen molar-refractivity contribution in [2.75, 3.05) is 0 Å². The molecule has 0 aliphatic heterocycles. The molecule has 1 N–H and O–H groups in total. The Labute approximate surface area is 109 Å². The van der Waals surface area contributed by atoms with Crippen molar-refractivity contribution in [1.29, 1.82) is 0 Å². The van der Waals surface area contributed by atoms with Gasteiger partial charge in [-0.3, -0.25) is 0 Å². The monoisotopic (exact) mass is 242 g/mol. The van der Waals surface area contributed by atoms with Crippen LogP contribution in [0.3, 0.4) is 0 Å². The van der Waals surface area contributed by atoms with Crippen molar-refractivity contribution in [3.8, 4) is 0 Å². The van der Waals surface area contributed by atoms with E-state index in [-0.39, 0.29) is 0 Å². The number of hydrogen-bond acceptors (Lipinski definition) is 1. The van der Waals surface area contributed by atoms with E-state index >= 15 is 0 Å². The molecule has 1 heteroatoms. The molecule has 18 heavy (non-hydrogen) atoms. The lowest BCUT2D eigenvalue weighted by Gasteiger charge is -2.50. The summed E-state index contributed by atoms with van der Waals surface area (Å²) < 4.78 is 0. The fourth-order valence-corrected chi connectivity index (χ4v) is 4.90. The van der Waals surface area contributed by atoms with E-state index in [2.05, 4.69) is 24.3 Å². The first-order chi connectivity index (χ1) is 8.79. The van der Waals surface area contributed by atoms with Gasteiger partial charge in [-0.2, -0.15) is 0 Å². The van der Waals surface area contributed by atoms with Gasteiger partial charge in [0, 0.05) is 5.92 Å². The van der Waals surface area contributed by atoms with Crippen molar-refractivity contribution < 1.29 is 5.11 Å². The number of fused-ring (bicyclic) bond motifs is 5. The van der Waals surface area contributed by atoms with Crippen LogP contribution in [0.4, 0.5) is 0 Å². The van der Waals surface area contributed by atoms with Gasteiger partial charge in [0.25, 0.3) is 0 Å². The molecular formula is C17H22O. The Morgan fingerprint density at radius 2 is 2.00 bits per heavy atom. The van der Waals surface area contributed by atoms with Gasteiger partial charge in [0.15, 0.2) is 0 Å². The fraction of sp³-hybridized carbons (Fsp3) is 0.647. The van der Waals surface area contributed by atoms with E-state index in [0.29, 0.717) is 11.8 Å². The second kappa shape index (κ2) is 3.84. The van der Waals surface area contributed by atoms with Gasteiger partial charge in [-0.25, -0.2) is 0 Å². The Morgan fingerprint density at radius 3 is 2.94 bits per heavy atom. The predicted molar refractivity (Wildman–Crippen MR) is 73.0 cm³/mol. The molecule has 1 unspecified atom stereocenters. The summed E-state index contributed by atoms with van der Waals surface area (Å²) in [5.41, 5.74) is 2.23. The van der Waals surface area contributed by atoms with E-state index in [0.717, 1.165) is 18.8 Å². The van der Waals surface area contributed by atoms with Crippen molar-refractivity contribution in [2.45, 2.75) is 50.5 Å². The molecular weight excluding hydrogens is 220 g/mol. The molecule has 4 aliphatic carbocycles. The van der Waals surface area contributed by atoms with Gasteiger partial charge >= 0.3 is 0 Å². The SMILES string of the molecule is O[C@@]12CCC3CCCC[C@@H]3C1=CC=C1C=CC[C@H]12. The highest BCUT2D eigenvalue weighted by atomic mass is 16.3. The van der Waals surface area contributed by atoms with Gasteiger partial charge in [0.05, 0.1) is 5.60 Å². The maximum Gasteiger partial charge on any atom is 0.0933 e.